The van der Waals surface area contributed by atoms with E-state index in [4.69, 9.17) is 9.47 Å². The number of para-hydroxylation sites is 2. The fourth-order valence-corrected chi connectivity index (χ4v) is 2.90. The molecule has 0 spiro atoms. The summed E-state index contributed by atoms with van der Waals surface area (Å²) in [6.07, 6.45) is 4.12. The Hall–Kier alpha value is -2.12. The minimum Gasteiger partial charge on any atom is -0.493 e. The number of aliphatic hydroxyl groups is 1. The lowest BCUT2D eigenvalue weighted by atomic mass is 10.0. The van der Waals surface area contributed by atoms with E-state index in [0.29, 0.717) is 19.7 Å². The second kappa shape index (κ2) is 6.97. The Kier molecular flexibility index (Phi) is 4.78. The highest BCUT2D eigenvalue weighted by Crippen LogP contribution is 2.26. The SMILES string of the molecule is COc1ccccc1OCCN1CCC(O)(Cn2ccnn2)C1. The molecule has 0 aliphatic carbocycles. The monoisotopic (exact) mass is 318 g/mol. The maximum atomic E-state index is 10.6. The number of nitrogens with zero attached hydrogens (tertiary/aromatic N) is 4. The molecule has 124 valence electrons. The first kappa shape index (κ1) is 15.8. The Morgan fingerprint density at radius 1 is 1.30 bits per heavy atom. The van der Waals surface area contributed by atoms with E-state index in [0.717, 1.165) is 31.0 Å². The average Bonchev–Trinajstić information content (AvgIpc) is 3.18. The van der Waals surface area contributed by atoms with Gasteiger partial charge in [0.05, 0.1) is 25.5 Å². The van der Waals surface area contributed by atoms with Crippen LogP contribution in [0.4, 0.5) is 0 Å². The number of methoxy groups -OCH3 is 1. The number of aromatic nitrogens is 3. The molecule has 1 unspecified atom stereocenters. The molecule has 7 heteroatoms. The zero-order valence-corrected chi connectivity index (χ0v) is 13.3. The highest BCUT2D eigenvalue weighted by atomic mass is 16.5. The van der Waals surface area contributed by atoms with E-state index in [1.807, 2.05) is 24.3 Å². The van der Waals surface area contributed by atoms with Crippen LogP contribution >= 0.6 is 0 Å². The van der Waals surface area contributed by atoms with Crippen LogP contribution in [-0.4, -0.2) is 64.0 Å². The molecule has 0 saturated carbocycles. The summed E-state index contributed by atoms with van der Waals surface area (Å²) in [5.74, 6) is 1.48. The molecular weight excluding hydrogens is 296 g/mol. The van der Waals surface area contributed by atoms with Crippen LogP contribution in [0.15, 0.2) is 36.7 Å². The van der Waals surface area contributed by atoms with Crippen molar-refractivity contribution in [3.05, 3.63) is 36.7 Å². The van der Waals surface area contributed by atoms with Gasteiger partial charge in [0.25, 0.3) is 0 Å². The van der Waals surface area contributed by atoms with Gasteiger partial charge in [-0.3, -0.25) is 4.90 Å². The highest BCUT2D eigenvalue weighted by Gasteiger charge is 2.36. The van der Waals surface area contributed by atoms with E-state index in [1.54, 1.807) is 24.2 Å². The van der Waals surface area contributed by atoms with E-state index in [2.05, 4.69) is 15.2 Å². The van der Waals surface area contributed by atoms with E-state index in [-0.39, 0.29) is 0 Å². The van der Waals surface area contributed by atoms with Gasteiger partial charge in [0, 0.05) is 25.8 Å². The van der Waals surface area contributed by atoms with Gasteiger partial charge in [0.15, 0.2) is 11.5 Å². The van der Waals surface area contributed by atoms with Crippen LogP contribution in [0.1, 0.15) is 6.42 Å². The summed E-state index contributed by atoms with van der Waals surface area (Å²) in [6, 6.07) is 7.60. The van der Waals surface area contributed by atoms with Crippen LogP contribution in [-0.2, 0) is 6.54 Å². The number of β-amino-alcohol motifs (C(OH)–C–C–N with tert-alkyl or cyclic N) is 1. The third-order valence-corrected chi connectivity index (χ3v) is 4.07. The van der Waals surface area contributed by atoms with Crippen molar-refractivity contribution >= 4 is 0 Å². The fraction of sp³-hybridized carbons (Fsp3) is 0.500. The Morgan fingerprint density at radius 3 is 2.87 bits per heavy atom. The zero-order chi connectivity index (χ0) is 16.1. The van der Waals surface area contributed by atoms with Crippen molar-refractivity contribution in [3.63, 3.8) is 0 Å². The van der Waals surface area contributed by atoms with Crippen LogP contribution in [0.3, 0.4) is 0 Å². The Bertz CT molecular complexity index is 620. The molecule has 0 bridgehead atoms. The van der Waals surface area contributed by atoms with Crippen molar-refractivity contribution in [1.29, 1.82) is 0 Å². The molecule has 7 nitrogen and oxygen atoms in total. The standard InChI is InChI=1S/C16H22N4O3/c1-22-14-4-2-3-5-15(14)23-11-10-19-8-6-16(21,12-19)13-20-9-7-17-18-20/h2-5,7,9,21H,6,8,10-13H2,1H3. The maximum absolute atomic E-state index is 10.6. The maximum Gasteiger partial charge on any atom is 0.161 e. The Balaban J connectivity index is 1.47. The smallest absolute Gasteiger partial charge is 0.161 e. The third-order valence-electron chi connectivity index (χ3n) is 4.07. The summed E-state index contributed by atoms with van der Waals surface area (Å²) >= 11 is 0. The molecule has 0 radical (unpaired) electrons. The summed E-state index contributed by atoms with van der Waals surface area (Å²) in [6.45, 7) is 3.25. The fourth-order valence-electron chi connectivity index (χ4n) is 2.90. The second-order valence-corrected chi connectivity index (χ2v) is 5.85. The number of ether oxygens (including phenoxy) is 2. The van der Waals surface area contributed by atoms with Crippen LogP contribution in [0.5, 0.6) is 11.5 Å². The van der Waals surface area contributed by atoms with Crippen molar-refractivity contribution in [2.45, 2.75) is 18.6 Å². The van der Waals surface area contributed by atoms with Crippen molar-refractivity contribution < 1.29 is 14.6 Å². The van der Waals surface area contributed by atoms with Crippen LogP contribution in [0, 0.1) is 0 Å². The van der Waals surface area contributed by atoms with Gasteiger partial charge < -0.3 is 14.6 Å². The molecular formula is C16H22N4O3. The zero-order valence-electron chi connectivity index (χ0n) is 13.3. The Morgan fingerprint density at radius 2 is 2.13 bits per heavy atom. The summed E-state index contributed by atoms with van der Waals surface area (Å²) in [5.41, 5.74) is -0.752. The summed E-state index contributed by atoms with van der Waals surface area (Å²) in [4.78, 5) is 2.20. The molecule has 0 amide bonds. The summed E-state index contributed by atoms with van der Waals surface area (Å²) in [7, 11) is 1.63. The quantitative estimate of drug-likeness (QED) is 0.814. The number of hydrogen-bond donors (Lipinski definition) is 1. The molecule has 1 atom stereocenters. The molecule has 23 heavy (non-hydrogen) atoms. The first-order chi connectivity index (χ1) is 11.2. The highest BCUT2D eigenvalue weighted by molar-refractivity contribution is 5.39. The molecule has 1 N–H and O–H groups in total. The van der Waals surface area contributed by atoms with E-state index < -0.39 is 5.60 Å². The molecule has 1 aromatic heterocycles. The molecule has 3 rings (SSSR count). The number of rotatable bonds is 7. The molecule has 1 aliphatic rings. The van der Waals surface area contributed by atoms with E-state index in [9.17, 15) is 5.11 Å². The van der Waals surface area contributed by atoms with Crippen molar-refractivity contribution in [1.82, 2.24) is 19.9 Å². The van der Waals surface area contributed by atoms with Crippen molar-refractivity contribution in [3.8, 4) is 11.5 Å². The first-order valence-electron chi connectivity index (χ1n) is 7.73. The third kappa shape index (κ3) is 4.00. The number of hydrogen-bond acceptors (Lipinski definition) is 6. The van der Waals surface area contributed by atoms with Crippen LogP contribution in [0.25, 0.3) is 0 Å². The second-order valence-electron chi connectivity index (χ2n) is 5.85. The lowest BCUT2D eigenvalue weighted by Gasteiger charge is -2.23. The van der Waals surface area contributed by atoms with Crippen LogP contribution in [0.2, 0.25) is 0 Å². The molecule has 1 aromatic carbocycles. The van der Waals surface area contributed by atoms with Crippen LogP contribution < -0.4 is 9.47 Å². The predicted octanol–water partition coefficient (Wildman–Crippen LogP) is 0.802. The van der Waals surface area contributed by atoms with Gasteiger partial charge >= 0.3 is 0 Å². The van der Waals surface area contributed by atoms with Gasteiger partial charge in [-0.25, -0.2) is 4.68 Å². The van der Waals surface area contributed by atoms with Crippen molar-refractivity contribution in [2.24, 2.45) is 0 Å². The molecule has 1 fully saturated rings. The van der Waals surface area contributed by atoms with E-state index >= 15 is 0 Å². The number of benzene rings is 1. The minimum absolute atomic E-state index is 0.469. The lowest BCUT2D eigenvalue weighted by Crippen LogP contribution is -2.38. The lowest BCUT2D eigenvalue weighted by molar-refractivity contribution is 0.0271. The average molecular weight is 318 g/mol. The summed E-state index contributed by atoms with van der Waals surface area (Å²) in [5, 5.41) is 18.3. The van der Waals surface area contributed by atoms with Gasteiger partial charge in [-0.1, -0.05) is 17.3 Å². The van der Waals surface area contributed by atoms with Gasteiger partial charge in [-0.05, 0) is 18.6 Å². The van der Waals surface area contributed by atoms with E-state index in [1.165, 1.54) is 0 Å². The molecule has 1 aliphatic heterocycles. The Labute approximate surface area is 135 Å². The molecule has 1 saturated heterocycles. The summed E-state index contributed by atoms with van der Waals surface area (Å²) < 4.78 is 12.7. The predicted molar refractivity (Wildman–Crippen MR) is 84.5 cm³/mol. The van der Waals surface area contributed by atoms with Gasteiger partial charge in [-0.2, -0.15) is 0 Å². The molecule has 2 heterocycles. The number of likely N-dealkylation sites (tertiary alicyclic amines) is 1. The normalized spacial score (nSPS) is 21.5. The van der Waals surface area contributed by atoms with Gasteiger partial charge in [0.1, 0.15) is 6.61 Å². The van der Waals surface area contributed by atoms with Gasteiger partial charge in [-0.15, -0.1) is 5.10 Å². The largest absolute Gasteiger partial charge is 0.493 e. The molecule has 2 aromatic rings. The van der Waals surface area contributed by atoms with Crippen molar-refractivity contribution in [2.75, 3.05) is 33.4 Å². The van der Waals surface area contributed by atoms with Gasteiger partial charge in [0.2, 0.25) is 0 Å². The minimum atomic E-state index is -0.752. The first-order valence-corrected chi connectivity index (χ1v) is 7.73. The topological polar surface area (TPSA) is 72.6 Å².